The van der Waals surface area contributed by atoms with Crippen LogP contribution in [0.2, 0.25) is 0 Å². The predicted molar refractivity (Wildman–Crippen MR) is 241 cm³/mol. The van der Waals surface area contributed by atoms with E-state index in [-0.39, 0.29) is 47.5 Å². The van der Waals surface area contributed by atoms with E-state index in [1.165, 1.54) is 12.1 Å². The first-order chi connectivity index (χ1) is 31.1. The number of carbonyl (C=O) groups excluding carboxylic acids is 5. The summed E-state index contributed by atoms with van der Waals surface area (Å²) in [6, 6.07) is 9.13. The number of nitrogens with one attached hydrogen (secondary N) is 3. The van der Waals surface area contributed by atoms with E-state index in [1.807, 2.05) is 12.1 Å². The summed E-state index contributed by atoms with van der Waals surface area (Å²) in [6.07, 6.45) is 6.83. The number of imide groups is 2. The molecule has 0 saturated carbocycles. The van der Waals surface area contributed by atoms with Crippen molar-refractivity contribution in [2.24, 2.45) is 5.41 Å². The van der Waals surface area contributed by atoms with Crippen LogP contribution in [0.5, 0.6) is 0 Å². The van der Waals surface area contributed by atoms with Gasteiger partial charge in [-0.1, -0.05) is 13.8 Å². The lowest BCUT2D eigenvalue weighted by molar-refractivity contribution is -0.136. The Labute approximate surface area is 378 Å². The highest BCUT2D eigenvalue weighted by Gasteiger charge is 2.45. The Morgan fingerprint density at radius 1 is 0.800 bits per heavy atom. The maximum absolute atomic E-state index is 15.7. The predicted octanol–water partition coefficient (Wildman–Crippen LogP) is 3.77. The second-order valence-electron chi connectivity index (χ2n) is 19.6. The molecule has 9 rings (SSSR count). The third kappa shape index (κ3) is 9.37. The first-order valence-corrected chi connectivity index (χ1v) is 23.0. The summed E-state index contributed by atoms with van der Waals surface area (Å²) < 4.78 is 31.2. The molecule has 18 heteroatoms. The topological polar surface area (TPSA) is 167 Å². The lowest BCUT2D eigenvalue weighted by Crippen LogP contribution is -2.66. The van der Waals surface area contributed by atoms with Gasteiger partial charge in [-0.3, -0.25) is 39.1 Å². The molecule has 7 heterocycles. The van der Waals surface area contributed by atoms with Gasteiger partial charge in [0.15, 0.2) is 0 Å². The molecule has 5 saturated heterocycles. The van der Waals surface area contributed by atoms with Gasteiger partial charge in [0, 0.05) is 88.2 Å². The number of piperazine rings is 1. The maximum Gasteiger partial charge on any atom is 0.262 e. The Morgan fingerprint density at radius 3 is 2.28 bits per heavy atom. The average molecular weight is 896 g/mol. The van der Waals surface area contributed by atoms with Gasteiger partial charge < -0.3 is 30.2 Å². The Kier molecular flexibility index (Phi) is 12.2. The molecule has 1 atom stereocenters. The van der Waals surface area contributed by atoms with E-state index in [4.69, 9.17) is 0 Å². The van der Waals surface area contributed by atoms with E-state index in [1.54, 1.807) is 23.4 Å². The summed E-state index contributed by atoms with van der Waals surface area (Å²) >= 11 is 0. The number of anilines is 4. The molecule has 5 fully saturated rings. The van der Waals surface area contributed by atoms with Gasteiger partial charge in [-0.15, -0.1) is 0 Å². The number of rotatable bonds is 11. The summed E-state index contributed by atoms with van der Waals surface area (Å²) in [5.41, 5.74) is 1.57. The smallest absolute Gasteiger partial charge is 0.262 e. The summed E-state index contributed by atoms with van der Waals surface area (Å²) in [5, 5.41) is 8.88. The molecular weight excluding hydrogens is 837 g/mol. The highest BCUT2D eigenvalue weighted by atomic mass is 19.1. The monoisotopic (exact) mass is 895 g/mol. The molecule has 5 amide bonds. The van der Waals surface area contributed by atoms with Crippen molar-refractivity contribution in [3.05, 3.63) is 71.1 Å². The highest BCUT2D eigenvalue weighted by Crippen LogP contribution is 2.36. The number of likely N-dealkylation sites (tertiary alicyclic amines) is 1. The van der Waals surface area contributed by atoms with Crippen molar-refractivity contribution in [3.8, 4) is 0 Å². The van der Waals surface area contributed by atoms with E-state index in [0.29, 0.717) is 63.0 Å². The number of amides is 5. The molecule has 3 N–H and O–H groups in total. The Hall–Kier alpha value is -5.75. The zero-order valence-corrected chi connectivity index (χ0v) is 37.5. The number of hydrogen-bond donors (Lipinski definition) is 3. The lowest BCUT2D eigenvalue weighted by atomic mass is 9.82. The van der Waals surface area contributed by atoms with Crippen LogP contribution in [0.15, 0.2) is 42.7 Å². The molecular formula is C47H59F2N11O5. The molecule has 1 unspecified atom stereocenters. The second kappa shape index (κ2) is 17.9. The fourth-order valence-corrected chi connectivity index (χ4v) is 10.5. The van der Waals surface area contributed by atoms with Crippen LogP contribution in [0.1, 0.15) is 91.5 Å². The molecule has 1 spiro atoms. The number of halogens is 2. The minimum atomic E-state index is -0.994. The van der Waals surface area contributed by atoms with Crippen molar-refractivity contribution in [3.63, 3.8) is 0 Å². The number of nitrogens with zero attached hydrogens (tertiary/aromatic N) is 8. The molecule has 0 radical (unpaired) electrons. The van der Waals surface area contributed by atoms with Crippen molar-refractivity contribution in [2.45, 2.75) is 89.4 Å². The Bertz CT molecular complexity index is 2360. The zero-order valence-electron chi connectivity index (χ0n) is 37.5. The van der Waals surface area contributed by atoms with Crippen LogP contribution in [0.4, 0.5) is 31.8 Å². The van der Waals surface area contributed by atoms with Crippen LogP contribution in [0.25, 0.3) is 0 Å². The van der Waals surface area contributed by atoms with E-state index in [2.05, 4.69) is 66.4 Å². The number of aromatic nitrogens is 2. The van der Waals surface area contributed by atoms with Crippen LogP contribution in [-0.4, -0.2) is 144 Å². The summed E-state index contributed by atoms with van der Waals surface area (Å²) in [4.78, 5) is 84.3. The lowest BCUT2D eigenvalue weighted by Gasteiger charge is -2.48. The van der Waals surface area contributed by atoms with Gasteiger partial charge in [0.2, 0.25) is 17.7 Å². The van der Waals surface area contributed by atoms with Gasteiger partial charge in [-0.2, -0.15) is 0 Å². The van der Waals surface area contributed by atoms with Gasteiger partial charge in [0.25, 0.3) is 11.8 Å². The molecule has 3 aromatic rings. The molecule has 2 aromatic carbocycles. The van der Waals surface area contributed by atoms with Gasteiger partial charge >= 0.3 is 0 Å². The molecule has 0 bridgehead atoms. The Morgan fingerprint density at radius 2 is 1.54 bits per heavy atom. The fourth-order valence-electron chi connectivity index (χ4n) is 10.5. The van der Waals surface area contributed by atoms with Crippen LogP contribution in [0.3, 0.4) is 0 Å². The quantitative estimate of drug-likeness (QED) is 0.239. The van der Waals surface area contributed by atoms with Gasteiger partial charge in [-0.05, 0) is 94.8 Å². The normalized spacial score (nSPS) is 22.7. The number of likely N-dealkylation sites (N-methyl/N-ethyl adjacent to an activating group) is 1. The third-order valence-electron chi connectivity index (χ3n) is 14.6. The van der Waals surface area contributed by atoms with Crippen molar-refractivity contribution in [2.75, 3.05) is 92.5 Å². The number of hydrogen-bond acceptors (Lipinski definition) is 13. The largest absolute Gasteiger partial charge is 0.371 e. The first-order valence-electron chi connectivity index (χ1n) is 23.0. The number of piperidine rings is 4. The average Bonchev–Trinajstić information content (AvgIpc) is 3.53. The SMILES string of the molecule is CN(CCNc1cc(N2CCC3(CC2)CN(c2cc(F)c(CN4CCC(C)(C)CC4)cc2F)CC(=O)N3)ncn1)C1CCN(c2ccc3c(c2)C(=O)N(C2CCC(=O)NC2=O)C3=O)CC1. The Balaban J connectivity index is 0.735. The number of carbonyl (C=O) groups is 5. The molecule has 346 valence electrons. The van der Waals surface area contributed by atoms with Crippen LogP contribution in [-0.2, 0) is 20.9 Å². The number of fused-ring (bicyclic) bond motifs is 1. The van der Waals surface area contributed by atoms with E-state index >= 15 is 8.78 Å². The summed E-state index contributed by atoms with van der Waals surface area (Å²) in [6.45, 7) is 11.1. The van der Waals surface area contributed by atoms with Crippen molar-refractivity contribution >= 4 is 52.5 Å². The van der Waals surface area contributed by atoms with Crippen molar-refractivity contribution in [1.29, 1.82) is 0 Å². The third-order valence-corrected chi connectivity index (χ3v) is 14.6. The number of benzene rings is 2. The first kappa shape index (κ1) is 44.5. The molecule has 6 aliphatic rings. The highest BCUT2D eigenvalue weighted by molar-refractivity contribution is 6.23. The molecule has 6 aliphatic heterocycles. The zero-order chi connectivity index (χ0) is 45.6. The molecule has 0 aliphatic carbocycles. The second-order valence-corrected chi connectivity index (χ2v) is 19.6. The van der Waals surface area contributed by atoms with Crippen molar-refractivity contribution < 1.29 is 32.8 Å². The van der Waals surface area contributed by atoms with Crippen LogP contribution in [0, 0.1) is 17.0 Å². The van der Waals surface area contributed by atoms with Crippen LogP contribution >= 0.6 is 0 Å². The standard InChI is InChI=1S/C47H59F2N11O5/c1-46(2)10-17-56(18-11-46)26-30-22-36(49)38(24-35(30)48)59-27-42(62)54-47(28-59)12-19-58(20-13-47)40-25-39(51-29-52-40)50-14-21-55(3)31-8-15-57(16-9-31)32-4-5-33-34(23-32)45(65)60(44(33)64)37-6-7-41(61)53-43(37)63/h4-5,22-25,29,31,37H,6-21,26-28H2,1-3H3,(H,54,62)(H,50,51,52)(H,53,61,63). The van der Waals surface area contributed by atoms with Gasteiger partial charge in [0.1, 0.15) is 35.6 Å². The van der Waals surface area contributed by atoms with Gasteiger partial charge in [-0.25, -0.2) is 18.7 Å². The minimum absolute atomic E-state index is 0.0316. The molecule has 16 nitrogen and oxygen atoms in total. The fraction of sp³-hybridized carbons (Fsp3) is 0.553. The minimum Gasteiger partial charge on any atom is -0.371 e. The van der Waals surface area contributed by atoms with E-state index in [0.717, 1.165) is 74.8 Å². The molecule has 1 aromatic heterocycles. The van der Waals surface area contributed by atoms with E-state index < -0.39 is 46.8 Å². The summed E-state index contributed by atoms with van der Waals surface area (Å²) in [5.74, 6) is -1.71. The maximum atomic E-state index is 15.7. The summed E-state index contributed by atoms with van der Waals surface area (Å²) in [7, 11) is 2.11. The van der Waals surface area contributed by atoms with Gasteiger partial charge in [0.05, 0.1) is 28.9 Å². The van der Waals surface area contributed by atoms with E-state index in [9.17, 15) is 24.0 Å². The van der Waals surface area contributed by atoms with Crippen LogP contribution < -0.4 is 30.7 Å². The molecule has 65 heavy (non-hydrogen) atoms. The van der Waals surface area contributed by atoms with Crippen molar-refractivity contribution in [1.82, 2.24) is 35.3 Å².